The Hall–Kier alpha value is -0.590. The summed E-state index contributed by atoms with van der Waals surface area (Å²) in [4.78, 5) is 4.65. The standard InChI is InChI=1S/C11H21N3/c1-11(2,3)14-7-5-10(9-14)13(4)8-6-12/h10H,5,7-9H2,1-4H3. The third kappa shape index (κ3) is 2.70. The molecule has 1 aliphatic rings. The number of nitrogens with zero attached hydrogens (tertiary/aromatic N) is 3. The molecule has 14 heavy (non-hydrogen) atoms. The zero-order chi connectivity index (χ0) is 10.8. The van der Waals surface area contributed by atoms with Crippen LogP contribution in [0.15, 0.2) is 0 Å². The Balaban J connectivity index is 2.46. The number of hydrogen-bond donors (Lipinski definition) is 0. The highest BCUT2D eigenvalue weighted by Gasteiger charge is 2.31. The Morgan fingerprint density at radius 3 is 2.57 bits per heavy atom. The van der Waals surface area contributed by atoms with E-state index in [2.05, 4.69) is 36.6 Å². The van der Waals surface area contributed by atoms with Crippen LogP contribution in [0.5, 0.6) is 0 Å². The summed E-state index contributed by atoms with van der Waals surface area (Å²) in [7, 11) is 2.04. The van der Waals surface area contributed by atoms with Crippen LogP contribution in [0.2, 0.25) is 0 Å². The van der Waals surface area contributed by atoms with Crippen LogP contribution in [0.25, 0.3) is 0 Å². The number of likely N-dealkylation sites (tertiary alicyclic amines) is 1. The van der Waals surface area contributed by atoms with E-state index in [-0.39, 0.29) is 5.54 Å². The molecule has 0 saturated carbocycles. The fraction of sp³-hybridized carbons (Fsp3) is 0.909. The number of likely N-dealkylation sites (N-methyl/N-ethyl adjacent to an activating group) is 1. The first-order valence-electron chi connectivity index (χ1n) is 5.27. The van der Waals surface area contributed by atoms with Gasteiger partial charge < -0.3 is 0 Å². The zero-order valence-electron chi connectivity index (χ0n) is 9.75. The molecular formula is C11H21N3. The van der Waals surface area contributed by atoms with Gasteiger partial charge in [0.15, 0.2) is 0 Å². The van der Waals surface area contributed by atoms with Crippen molar-refractivity contribution in [1.82, 2.24) is 9.80 Å². The lowest BCUT2D eigenvalue weighted by Crippen LogP contribution is -2.42. The second-order valence-electron chi connectivity index (χ2n) is 5.13. The molecule has 3 nitrogen and oxygen atoms in total. The SMILES string of the molecule is CN(CC#N)C1CCN(C(C)(C)C)C1. The van der Waals surface area contributed by atoms with E-state index in [9.17, 15) is 0 Å². The largest absolute Gasteiger partial charge is 0.297 e. The molecule has 1 unspecified atom stereocenters. The molecule has 0 radical (unpaired) electrons. The van der Waals surface area contributed by atoms with Crippen molar-refractivity contribution in [3.05, 3.63) is 0 Å². The first-order valence-corrected chi connectivity index (χ1v) is 5.27. The molecule has 1 rings (SSSR count). The maximum absolute atomic E-state index is 8.62. The van der Waals surface area contributed by atoms with Crippen molar-refractivity contribution < 1.29 is 0 Å². The van der Waals surface area contributed by atoms with E-state index in [1.54, 1.807) is 0 Å². The molecular weight excluding hydrogens is 174 g/mol. The van der Waals surface area contributed by atoms with E-state index in [4.69, 9.17) is 5.26 Å². The normalized spacial score (nSPS) is 24.1. The van der Waals surface area contributed by atoms with Crippen molar-refractivity contribution in [2.75, 3.05) is 26.7 Å². The molecule has 1 fully saturated rings. The van der Waals surface area contributed by atoms with E-state index in [0.29, 0.717) is 12.6 Å². The molecule has 3 heteroatoms. The summed E-state index contributed by atoms with van der Waals surface area (Å²) in [6.07, 6.45) is 1.19. The third-order valence-electron chi connectivity index (χ3n) is 3.06. The van der Waals surface area contributed by atoms with E-state index < -0.39 is 0 Å². The summed E-state index contributed by atoms with van der Waals surface area (Å²) in [6.45, 7) is 9.55. The van der Waals surface area contributed by atoms with Gasteiger partial charge in [0.2, 0.25) is 0 Å². The van der Waals surface area contributed by atoms with Crippen molar-refractivity contribution in [2.45, 2.75) is 38.8 Å². The van der Waals surface area contributed by atoms with E-state index in [0.717, 1.165) is 13.1 Å². The smallest absolute Gasteiger partial charge is 0.0866 e. The van der Waals surface area contributed by atoms with Gasteiger partial charge in [0, 0.05) is 24.7 Å². The van der Waals surface area contributed by atoms with Crippen molar-refractivity contribution in [3.63, 3.8) is 0 Å². The number of nitriles is 1. The first-order chi connectivity index (χ1) is 6.45. The van der Waals surface area contributed by atoms with Crippen LogP contribution in [0, 0.1) is 11.3 Å². The highest BCUT2D eigenvalue weighted by molar-refractivity contribution is 4.90. The Morgan fingerprint density at radius 1 is 1.50 bits per heavy atom. The van der Waals surface area contributed by atoms with Gasteiger partial charge in [-0.3, -0.25) is 9.80 Å². The minimum absolute atomic E-state index is 0.266. The van der Waals surface area contributed by atoms with Crippen LogP contribution in [-0.4, -0.2) is 48.1 Å². The molecule has 0 aromatic heterocycles. The second-order valence-corrected chi connectivity index (χ2v) is 5.13. The van der Waals surface area contributed by atoms with Gasteiger partial charge in [-0.15, -0.1) is 0 Å². The Bertz CT molecular complexity index is 224. The van der Waals surface area contributed by atoms with Crippen LogP contribution >= 0.6 is 0 Å². The highest BCUT2D eigenvalue weighted by atomic mass is 15.3. The minimum atomic E-state index is 0.266. The summed E-state index contributed by atoms with van der Waals surface area (Å²) in [5.41, 5.74) is 0.266. The lowest BCUT2D eigenvalue weighted by atomic mass is 10.1. The predicted octanol–water partition coefficient (Wildman–Crippen LogP) is 1.31. The van der Waals surface area contributed by atoms with Crippen LogP contribution < -0.4 is 0 Å². The van der Waals surface area contributed by atoms with Gasteiger partial charge in [0.1, 0.15) is 0 Å². The lowest BCUT2D eigenvalue weighted by molar-refractivity contribution is 0.157. The highest BCUT2D eigenvalue weighted by Crippen LogP contribution is 2.22. The molecule has 0 spiro atoms. The van der Waals surface area contributed by atoms with Crippen molar-refractivity contribution in [3.8, 4) is 6.07 Å². The molecule has 0 amide bonds. The third-order valence-corrected chi connectivity index (χ3v) is 3.06. The molecule has 80 valence electrons. The van der Waals surface area contributed by atoms with E-state index >= 15 is 0 Å². The second kappa shape index (κ2) is 4.29. The minimum Gasteiger partial charge on any atom is -0.297 e. The van der Waals surface area contributed by atoms with Crippen molar-refractivity contribution in [2.24, 2.45) is 0 Å². The van der Waals surface area contributed by atoms with Crippen LogP contribution in [-0.2, 0) is 0 Å². The van der Waals surface area contributed by atoms with Gasteiger partial charge in [-0.25, -0.2) is 0 Å². The molecule has 0 bridgehead atoms. The maximum atomic E-state index is 8.62. The maximum Gasteiger partial charge on any atom is 0.0866 e. The Kier molecular flexibility index (Phi) is 3.52. The molecule has 1 saturated heterocycles. The van der Waals surface area contributed by atoms with Gasteiger partial charge in [-0.05, 0) is 34.2 Å². The Labute approximate surface area is 87.3 Å². The molecule has 0 aliphatic carbocycles. The van der Waals surface area contributed by atoms with Crippen molar-refractivity contribution >= 4 is 0 Å². The van der Waals surface area contributed by atoms with Crippen LogP contribution in [0.4, 0.5) is 0 Å². The first kappa shape index (κ1) is 11.5. The van der Waals surface area contributed by atoms with Crippen LogP contribution in [0.3, 0.4) is 0 Å². The van der Waals surface area contributed by atoms with Gasteiger partial charge in [-0.1, -0.05) is 0 Å². The average molecular weight is 195 g/mol. The summed E-state index contributed by atoms with van der Waals surface area (Å²) < 4.78 is 0. The molecule has 0 aromatic rings. The molecule has 1 aliphatic heterocycles. The molecule has 0 aromatic carbocycles. The summed E-state index contributed by atoms with van der Waals surface area (Å²) >= 11 is 0. The number of hydrogen-bond acceptors (Lipinski definition) is 3. The summed E-state index contributed by atoms with van der Waals surface area (Å²) in [5, 5.41) is 8.62. The topological polar surface area (TPSA) is 30.3 Å². The monoisotopic (exact) mass is 195 g/mol. The molecule has 1 atom stereocenters. The lowest BCUT2D eigenvalue weighted by Gasteiger charge is -2.32. The van der Waals surface area contributed by atoms with Gasteiger partial charge in [0.05, 0.1) is 12.6 Å². The zero-order valence-corrected chi connectivity index (χ0v) is 9.75. The molecule has 1 heterocycles. The van der Waals surface area contributed by atoms with Crippen molar-refractivity contribution in [1.29, 1.82) is 5.26 Å². The van der Waals surface area contributed by atoms with E-state index in [1.165, 1.54) is 6.42 Å². The summed E-state index contributed by atoms with van der Waals surface area (Å²) in [5.74, 6) is 0. The van der Waals surface area contributed by atoms with Gasteiger partial charge in [-0.2, -0.15) is 5.26 Å². The van der Waals surface area contributed by atoms with Gasteiger partial charge >= 0.3 is 0 Å². The fourth-order valence-electron chi connectivity index (χ4n) is 1.95. The average Bonchev–Trinajstić information content (AvgIpc) is 2.51. The van der Waals surface area contributed by atoms with E-state index in [1.807, 2.05) is 7.05 Å². The predicted molar refractivity (Wildman–Crippen MR) is 58.0 cm³/mol. The Morgan fingerprint density at radius 2 is 2.14 bits per heavy atom. The quantitative estimate of drug-likeness (QED) is 0.622. The summed E-state index contributed by atoms with van der Waals surface area (Å²) in [6, 6.07) is 2.77. The van der Waals surface area contributed by atoms with Crippen LogP contribution in [0.1, 0.15) is 27.2 Å². The molecule has 0 N–H and O–H groups in total. The van der Waals surface area contributed by atoms with Gasteiger partial charge in [0.25, 0.3) is 0 Å². The number of rotatable bonds is 2. The fourth-order valence-corrected chi connectivity index (χ4v) is 1.95.